The molecule has 1 atom stereocenters. The average molecular weight is 249 g/mol. The standard InChI is InChI=1S/C14H19NOS/c1-9-5-6-13(16-9)8-15-11(3)14-7-10(2)17-12(14)4/h5-7,11,15H,8H2,1-4H3. The van der Waals surface area contributed by atoms with E-state index in [1.807, 2.05) is 30.4 Å². The van der Waals surface area contributed by atoms with Crippen molar-refractivity contribution >= 4 is 11.3 Å². The highest BCUT2D eigenvalue weighted by molar-refractivity contribution is 7.12. The Morgan fingerprint density at radius 1 is 1.29 bits per heavy atom. The lowest BCUT2D eigenvalue weighted by molar-refractivity contribution is 0.444. The van der Waals surface area contributed by atoms with E-state index in [-0.39, 0.29) is 0 Å². The molecule has 3 heteroatoms. The van der Waals surface area contributed by atoms with E-state index in [0.717, 1.165) is 18.1 Å². The maximum atomic E-state index is 5.55. The normalized spacial score (nSPS) is 12.9. The number of thiophene rings is 1. The van der Waals surface area contributed by atoms with Gasteiger partial charge >= 0.3 is 0 Å². The fourth-order valence-corrected chi connectivity index (χ4v) is 3.05. The maximum Gasteiger partial charge on any atom is 0.117 e. The fraction of sp³-hybridized carbons (Fsp3) is 0.429. The van der Waals surface area contributed by atoms with Crippen LogP contribution in [0.5, 0.6) is 0 Å². The molecule has 1 N–H and O–H groups in total. The zero-order chi connectivity index (χ0) is 12.4. The molecule has 2 heterocycles. The summed E-state index contributed by atoms with van der Waals surface area (Å²) in [6, 6.07) is 6.67. The SMILES string of the molecule is Cc1ccc(CNC(C)c2cc(C)sc2C)o1. The Balaban J connectivity index is 1.97. The summed E-state index contributed by atoms with van der Waals surface area (Å²) in [6.07, 6.45) is 0. The van der Waals surface area contributed by atoms with Gasteiger partial charge in [0, 0.05) is 15.8 Å². The van der Waals surface area contributed by atoms with Gasteiger partial charge < -0.3 is 9.73 Å². The molecule has 0 aromatic carbocycles. The van der Waals surface area contributed by atoms with E-state index in [2.05, 4.69) is 32.2 Å². The number of furan rings is 1. The van der Waals surface area contributed by atoms with E-state index in [0.29, 0.717) is 6.04 Å². The van der Waals surface area contributed by atoms with Crippen LogP contribution in [0.25, 0.3) is 0 Å². The first-order chi connectivity index (χ1) is 8.06. The van der Waals surface area contributed by atoms with Gasteiger partial charge in [-0.05, 0) is 51.5 Å². The number of aryl methyl sites for hydroxylation is 3. The average Bonchev–Trinajstić information content (AvgIpc) is 2.81. The molecule has 0 radical (unpaired) electrons. The Kier molecular flexibility index (Phi) is 3.69. The van der Waals surface area contributed by atoms with Crippen molar-refractivity contribution in [1.29, 1.82) is 0 Å². The summed E-state index contributed by atoms with van der Waals surface area (Å²) in [7, 11) is 0. The molecule has 0 spiro atoms. The third kappa shape index (κ3) is 2.99. The van der Waals surface area contributed by atoms with Crippen LogP contribution in [0.2, 0.25) is 0 Å². The molecule has 0 bridgehead atoms. The lowest BCUT2D eigenvalue weighted by Crippen LogP contribution is -2.17. The minimum absolute atomic E-state index is 0.366. The van der Waals surface area contributed by atoms with Gasteiger partial charge in [-0.25, -0.2) is 0 Å². The van der Waals surface area contributed by atoms with Crippen LogP contribution in [0.4, 0.5) is 0 Å². The molecule has 2 aromatic rings. The van der Waals surface area contributed by atoms with E-state index < -0.39 is 0 Å². The largest absolute Gasteiger partial charge is 0.465 e. The molecule has 0 fully saturated rings. The van der Waals surface area contributed by atoms with Gasteiger partial charge in [-0.2, -0.15) is 0 Å². The van der Waals surface area contributed by atoms with Gasteiger partial charge in [0.2, 0.25) is 0 Å². The summed E-state index contributed by atoms with van der Waals surface area (Å²) in [5.74, 6) is 1.97. The topological polar surface area (TPSA) is 25.2 Å². The molecule has 17 heavy (non-hydrogen) atoms. The first-order valence-corrected chi connectivity index (χ1v) is 6.73. The molecule has 0 saturated heterocycles. The van der Waals surface area contributed by atoms with Gasteiger partial charge in [0.1, 0.15) is 11.5 Å². The summed E-state index contributed by atoms with van der Waals surface area (Å²) < 4.78 is 5.55. The predicted octanol–water partition coefficient (Wildman–Crippen LogP) is 4.12. The van der Waals surface area contributed by atoms with Crippen LogP contribution in [0.3, 0.4) is 0 Å². The van der Waals surface area contributed by atoms with Crippen LogP contribution in [0.15, 0.2) is 22.6 Å². The Bertz CT molecular complexity index is 498. The van der Waals surface area contributed by atoms with E-state index in [1.165, 1.54) is 15.3 Å². The first kappa shape index (κ1) is 12.4. The fourth-order valence-electron chi connectivity index (χ4n) is 2.02. The number of hydrogen-bond acceptors (Lipinski definition) is 3. The summed E-state index contributed by atoms with van der Waals surface area (Å²) in [6.45, 7) is 9.29. The van der Waals surface area contributed by atoms with Gasteiger partial charge in [-0.3, -0.25) is 0 Å². The zero-order valence-electron chi connectivity index (χ0n) is 10.8. The Hall–Kier alpha value is -1.06. The van der Waals surface area contributed by atoms with Crippen LogP contribution in [-0.4, -0.2) is 0 Å². The van der Waals surface area contributed by atoms with Crippen molar-refractivity contribution in [2.24, 2.45) is 0 Å². The summed E-state index contributed by atoms with van der Waals surface area (Å²) in [4.78, 5) is 2.78. The Morgan fingerprint density at radius 2 is 2.06 bits per heavy atom. The maximum absolute atomic E-state index is 5.55. The van der Waals surface area contributed by atoms with Crippen LogP contribution in [-0.2, 0) is 6.54 Å². The number of nitrogens with one attached hydrogen (secondary N) is 1. The van der Waals surface area contributed by atoms with E-state index in [1.54, 1.807) is 0 Å². The van der Waals surface area contributed by atoms with Crippen molar-refractivity contribution in [2.45, 2.75) is 40.3 Å². The highest BCUT2D eigenvalue weighted by Gasteiger charge is 2.11. The first-order valence-electron chi connectivity index (χ1n) is 5.92. The minimum Gasteiger partial charge on any atom is -0.465 e. The number of hydrogen-bond donors (Lipinski definition) is 1. The quantitative estimate of drug-likeness (QED) is 0.882. The molecule has 0 aliphatic heterocycles. The molecule has 2 nitrogen and oxygen atoms in total. The van der Waals surface area contributed by atoms with Crippen LogP contribution in [0.1, 0.15) is 39.8 Å². The lowest BCUT2D eigenvalue weighted by atomic mass is 10.1. The highest BCUT2D eigenvalue weighted by Crippen LogP contribution is 2.26. The minimum atomic E-state index is 0.366. The molecule has 2 aromatic heterocycles. The van der Waals surface area contributed by atoms with Crippen molar-refractivity contribution in [1.82, 2.24) is 5.32 Å². The van der Waals surface area contributed by atoms with Gasteiger partial charge in [0.15, 0.2) is 0 Å². The van der Waals surface area contributed by atoms with E-state index in [9.17, 15) is 0 Å². The smallest absolute Gasteiger partial charge is 0.117 e. The van der Waals surface area contributed by atoms with Crippen molar-refractivity contribution in [3.63, 3.8) is 0 Å². The van der Waals surface area contributed by atoms with Crippen LogP contribution in [0, 0.1) is 20.8 Å². The third-order valence-corrected chi connectivity index (χ3v) is 3.91. The molecular weight excluding hydrogens is 230 g/mol. The molecule has 0 amide bonds. The summed E-state index contributed by atoms with van der Waals surface area (Å²) in [5, 5.41) is 3.50. The second kappa shape index (κ2) is 5.07. The second-order valence-electron chi connectivity index (χ2n) is 4.48. The van der Waals surface area contributed by atoms with E-state index >= 15 is 0 Å². The predicted molar refractivity (Wildman–Crippen MR) is 72.5 cm³/mol. The number of rotatable bonds is 4. The van der Waals surface area contributed by atoms with Crippen molar-refractivity contribution in [2.75, 3.05) is 0 Å². The Labute approximate surface area is 107 Å². The molecule has 1 unspecified atom stereocenters. The molecule has 92 valence electrons. The second-order valence-corrected chi connectivity index (χ2v) is 5.94. The molecule has 2 rings (SSSR count). The van der Waals surface area contributed by atoms with Gasteiger partial charge in [-0.1, -0.05) is 0 Å². The van der Waals surface area contributed by atoms with Crippen molar-refractivity contribution in [3.8, 4) is 0 Å². The van der Waals surface area contributed by atoms with Gasteiger partial charge in [-0.15, -0.1) is 11.3 Å². The van der Waals surface area contributed by atoms with E-state index in [4.69, 9.17) is 4.42 Å². The lowest BCUT2D eigenvalue weighted by Gasteiger charge is -2.12. The Morgan fingerprint density at radius 3 is 2.59 bits per heavy atom. The van der Waals surface area contributed by atoms with Gasteiger partial charge in [0.05, 0.1) is 6.54 Å². The molecule has 0 aliphatic carbocycles. The highest BCUT2D eigenvalue weighted by atomic mass is 32.1. The van der Waals surface area contributed by atoms with Gasteiger partial charge in [0.25, 0.3) is 0 Å². The molecule has 0 aliphatic rings. The van der Waals surface area contributed by atoms with Crippen LogP contribution < -0.4 is 5.32 Å². The molecule has 0 saturated carbocycles. The molecular formula is C14H19NOS. The zero-order valence-corrected chi connectivity index (χ0v) is 11.6. The summed E-state index contributed by atoms with van der Waals surface area (Å²) in [5.41, 5.74) is 1.40. The van der Waals surface area contributed by atoms with Crippen molar-refractivity contribution < 1.29 is 4.42 Å². The monoisotopic (exact) mass is 249 g/mol. The third-order valence-electron chi connectivity index (χ3n) is 2.92. The van der Waals surface area contributed by atoms with Crippen LogP contribution >= 0.6 is 11.3 Å². The summed E-state index contributed by atoms with van der Waals surface area (Å²) >= 11 is 1.86. The van der Waals surface area contributed by atoms with Crippen molar-refractivity contribution in [3.05, 3.63) is 45.0 Å².